The molecule has 0 aromatic carbocycles. The van der Waals surface area contributed by atoms with E-state index in [1.54, 1.807) is 18.5 Å². The molecule has 0 aliphatic heterocycles. The molecule has 8 nitrogen and oxygen atoms in total. The van der Waals surface area contributed by atoms with E-state index in [1.807, 2.05) is 0 Å². The minimum absolute atomic E-state index is 0.0619. The van der Waals surface area contributed by atoms with Gasteiger partial charge in [-0.3, -0.25) is 20.1 Å². The molecule has 0 amide bonds. The highest BCUT2D eigenvalue weighted by Gasteiger charge is 2.24. The van der Waals surface area contributed by atoms with Gasteiger partial charge >= 0.3 is 5.69 Å². The van der Waals surface area contributed by atoms with Crippen LogP contribution in [0.5, 0.6) is 11.5 Å². The van der Waals surface area contributed by atoms with Gasteiger partial charge in [-0.15, -0.1) is 0 Å². The van der Waals surface area contributed by atoms with E-state index in [1.165, 1.54) is 44.1 Å². The van der Waals surface area contributed by atoms with Gasteiger partial charge in [-0.25, -0.2) is 0 Å². The zero-order valence-electron chi connectivity index (χ0n) is 14.4. The predicted octanol–water partition coefficient (Wildman–Crippen LogP) is 3.23. The van der Waals surface area contributed by atoms with Crippen molar-refractivity contribution < 1.29 is 14.4 Å². The minimum Gasteiger partial charge on any atom is -0.491 e. The predicted molar refractivity (Wildman–Crippen MR) is 96.0 cm³/mol. The molecule has 2 aromatic heterocycles. The Morgan fingerprint density at radius 2 is 1.54 bits per heavy atom. The molecule has 0 atom stereocenters. The Labute approximate surface area is 151 Å². The minimum atomic E-state index is -0.477. The second kappa shape index (κ2) is 8.46. The van der Waals surface area contributed by atoms with E-state index in [0.29, 0.717) is 24.0 Å². The van der Waals surface area contributed by atoms with Gasteiger partial charge in [0.25, 0.3) is 0 Å². The monoisotopic (exact) mass is 358 g/mol. The first kappa shape index (κ1) is 17.9. The van der Waals surface area contributed by atoms with Crippen molar-refractivity contribution in [2.24, 2.45) is 11.8 Å². The van der Waals surface area contributed by atoms with Crippen LogP contribution in [-0.2, 0) is 0 Å². The highest BCUT2D eigenvalue weighted by molar-refractivity contribution is 5.49. The molecule has 0 spiro atoms. The van der Waals surface area contributed by atoms with Crippen LogP contribution in [0.4, 0.5) is 11.4 Å². The van der Waals surface area contributed by atoms with Crippen molar-refractivity contribution in [2.75, 3.05) is 18.9 Å². The fourth-order valence-electron chi connectivity index (χ4n) is 2.14. The second-order valence-corrected chi connectivity index (χ2v) is 6.52. The molecule has 2 heterocycles. The quantitative estimate of drug-likeness (QED) is 0.597. The van der Waals surface area contributed by atoms with Gasteiger partial charge in [0.2, 0.25) is 0 Å². The molecule has 2 aromatic rings. The Balaban J connectivity index is 0.000000152. The highest BCUT2D eigenvalue weighted by Crippen LogP contribution is 2.32. The molecule has 2 saturated carbocycles. The van der Waals surface area contributed by atoms with Crippen molar-refractivity contribution in [1.82, 2.24) is 9.97 Å². The summed E-state index contributed by atoms with van der Waals surface area (Å²) in [6.45, 7) is 1.37. The summed E-state index contributed by atoms with van der Waals surface area (Å²) in [5.74, 6) is 2.43. The summed E-state index contributed by atoms with van der Waals surface area (Å²) >= 11 is 0. The molecule has 0 unspecified atom stereocenters. The summed E-state index contributed by atoms with van der Waals surface area (Å²) in [4.78, 5) is 17.7. The number of ether oxygens (including phenoxy) is 2. The van der Waals surface area contributed by atoms with E-state index in [-0.39, 0.29) is 5.69 Å². The molecule has 2 N–H and O–H groups in total. The van der Waals surface area contributed by atoms with E-state index >= 15 is 0 Å². The van der Waals surface area contributed by atoms with E-state index in [0.717, 1.165) is 18.3 Å². The molecular weight excluding hydrogens is 336 g/mol. The number of rotatable bonds is 7. The van der Waals surface area contributed by atoms with Crippen LogP contribution in [-0.4, -0.2) is 28.1 Å². The van der Waals surface area contributed by atoms with Gasteiger partial charge in [-0.05, 0) is 37.5 Å². The molecule has 8 heteroatoms. The molecule has 0 saturated heterocycles. The fourth-order valence-corrected chi connectivity index (χ4v) is 2.14. The van der Waals surface area contributed by atoms with Gasteiger partial charge in [0.05, 0.1) is 30.0 Å². The van der Waals surface area contributed by atoms with E-state index in [9.17, 15) is 10.1 Å². The zero-order chi connectivity index (χ0) is 18.4. The highest BCUT2D eigenvalue weighted by atomic mass is 16.6. The van der Waals surface area contributed by atoms with Crippen LogP contribution in [0.15, 0.2) is 36.9 Å². The number of nitrogen functional groups attached to an aromatic ring is 1. The number of anilines is 1. The summed E-state index contributed by atoms with van der Waals surface area (Å²) in [7, 11) is 0. The lowest BCUT2D eigenvalue weighted by molar-refractivity contribution is -0.386. The summed E-state index contributed by atoms with van der Waals surface area (Å²) in [6.07, 6.45) is 10.9. The van der Waals surface area contributed by atoms with Crippen LogP contribution in [0.1, 0.15) is 25.7 Å². The van der Waals surface area contributed by atoms with Gasteiger partial charge in [0, 0.05) is 24.5 Å². The second-order valence-electron chi connectivity index (χ2n) is 6.52. The number of hydrogen-bond acceptors (Lipinski definition) is 7. The molecule has 2 aliphatic rings. The van der Waals surface area contributed by atoms with Gasteiger partial charge in [0.1, 0.15) is 11.9 Å². The number of hydrogen-bond donors (Lipinski definition) is 1. The van der Waals surface area contributed by atoms with Gasteiger partial charge in [-0.2, -0.15) is 0 Å². The zero-order valence-corrected chi connectivity index (χ0v) is 14.4. The number of nitro groups is 1. The number of aromatic nitrogens is 2. The smallest absolute Gasteiger partial charge is 0.329 e. The number of nitrogens with zero attached hydrogens (tertiary/aromatic N) is 3. The Bertz CT molecular complexity index is 747. The molecule has 4 rings (SSSR count). The molecule has 26 heavy (non-hydrogen) atoms. The first-order valence-electron chi connectivity index (χ1n) is 8.67. The lowest BCUT2D eigenvalue weighted by Crippen LogP contribution is -2.02. The summed E-state index contributed by atoms with van der Waals surface area (Å²) < 4.78 is 10.8. The average molecular weight is 358 g/mol. The molecular formula is C18H22N4O4. The molecule has 2 aliphatic carbocycles. The van der Waals surface area contributed by atoms with E-state index in [2.05, 4.69) is 9.97 Å². The third-order valence-electron chi connectivity index (χ3n) is 4.11. The summed E-state index contributed by atoms with van der Waals surface area (Å²) in [5.41, 5.74) is 6.20. The SMILES string of the molecule is Nc1cnccc1OCC1CC1.O=[N+]([O-])c1cnccc1OCC1CC1. The lowest BCUT2D eigenvalue weighted by Gasteiger charge is -2.06. The maximum atomic E-state index is 10.6. The third kappa shape index (κ3) is 5.58. The molecule has 0 radical (unpaired) electrons. The first-order valence-corrected chi connectivity index (χ1v) is 8.67. The van der Waals surface area contributed by atoms with Crippen LogP contribution in [0.25, 0.3) is 0 Å². The van der Waals surface area contributed by atoms with Crippen molar-refractivity contribution in [3.63, 3.8) is 0 Å². The first-order chi connectivity index (χ1) is 12.6. The number of nitrogens with two attached hydrogens (primary N) is 1. The third-order valence-corrected chi connectivity index (χ3v) is 4.11. The van der Waals surface area contributed by atoms with E-state index < -0.39 is 4.92 Å². The maximum Gasteiger partial charge on any atom is 0.329 e. The van der Waals surface area contributed by atoms with Crippen molar-refractivity contribution in [2.45, 2.75) is 25.7 Å². The van der Waals surface area contributed by atoms with Crippen LogP contribution in [0.3, 0.4) is 0 Å². The molecule has 138 valence electrons. The molecule has 2 fully saturated rings. The summed E-state index contributed by atoms with van der Waals surface area (Å²) in [6, 6.07) is 3.33. The van der Waals surface area contributed by atoms with Crippen molar-refractivity contribution >= 4 is 11.4 Å². The van der Waals surface area contributed by atoms with E-state index in [4.69, 9.17) is 15.2 Å². The standard InChI is InChI=1S/C9H10N2O3.C9H12N2O/c12-11(13)8-5-10-4-3-9(8)14-6-7-1-2-7;10-8-5-11-4-3-9(8)12-6-7-1-2-7/h3-5,7H,1-2,6H2;3-5,7H,1-2,6,10H2. The summed E-state index contributed by atoms with van der Waals surface area (Å²) in [5, 5.41) is 10.6. The van der Waals surface area contributed by atoms with Crippen LogP contribution in [0, 0.1) is 22.0 Å². The normalized spacial score (nSPS) is 15.5. The maximum absolute atomic E-state index is 10.6. The Hall–Kier alpha value is -2.90. The number of pyridine rings is 2. The van der Waals surface area contributed by atoms with Crippen molar-refractivity contribution in [3.05, 3.63) is 47.0 Å². The molecule has 0 bridgehead atoms. The lowest BCUT2D eigenvalue weighted by atomic mass is 10.4. The van der Waals surface area contributed by atoms with Gasteiger partial charge < -0.3 is 15.2 Å². The van der Waals surface area contributed by atoms with Gasteiger partial charge in [0.15, 0.2) is 5.75 Å². The largest absolute Gasteiger partial charge is 0.491 e. The van der Waals surface area contributed by atoms with Crippen LogP contribution >= 0.6 is 0 Å². The van der Waals surface area contributed by atoms with Gasteiger partial charge in [-0.1, -0.05) is 0 Å². The van der Waals surface area contributed by atoms with Crippen molar-refractivity contribution in [1.29, 1.82) is 0 Å². The topological polar surface area (TPSA) is 113 Å². The fraction of sp³-hybridized carbons (Fsp3) is 0.444. The Kier molecular flexibility index (Phi) is 5.83. The Morgan fingerprint density at radius 3 is 2.08 bits per heavy atom. The van der Waals surface area contributed by atoms with Crippen molar-refractivity contribution in [3.8, 4) is 11.5 Å². The van der Waals surface area contributed by atoms with Crippen LogP contribution < -0.4 is 15.2 Å². The average Bonchev–Trinajstić information content (AvgIpc) is 3.55. The Morgan fingerprint density at radius 1 is 1.00 bits per heavy atom. The van der Waals surface area contributed by atoms with Crippen LogP contribution in [0.2, 0.25) is 0 Å².